The number of likely N-dealkylation sites (tertiary alicyclic amines) is 1. The third kappa shape index (κ3) is 1.89. The van der Waals surface area contributed by atoms with Crippen LogP contribution in [0, 0.1) is 5.92 Å². The van der Waals surface area contributed by atoms with E-state index in [-0.39, 0.29) is 6.54 Å². The zero-order chi connectivity index (χ0) is 8.43. The molecule has 1 fully saturated rings. The molecular formula is C7H12FNO2. The van der Waals surface area contributed by atoms with Gasteiger partial charge < -0.3 is 10.0 Å². The third-order valence-electron chi connectivity index (χ3n) is 2.06. The number of hydrogen-bond donors (Lipinski definition) is 1. The van der Waals surface area contributed by atoms with Crippen LogP contribution in [0.3, 0.4) is 0 Å². The van der Waals surface area contributed by atoms with E-state index in [4.69, 9.17) is 5.11 Å². The summed E-state index contributed by atoms with van der Waals surface area (Å²) in [5, 5.41) is 8.54. The molecule has 1 aliphatic rings. The SMILES string of the molecule is CN1CC[C@H](C(=O)O)[C@@H](F)C1. The first-order chi connectivity index (χ1) is 5.11. The fourth-order valence-electron chi connectivity index (χ4n) is 1.33. The minimum absolute atomic E-state index is 0.247. The average molecular weight is 161 g/mol. The Hall–Kier alpha value is -0.640. The highest BCUT2D eigenvalue weighted by molar-refractivity contribution is 5.70. The number of carboxylic acid groups (broad SMARTS) is 1. The van der Waals surface area contributed by atoms with Crippen LogP contribution >= 0.6 is 0 Å². The largest absolute Gasteiger partial charge is 0.481 e. The number of nitrogens with zero attached hydrogens (tertiary/aromatic N) is 1. The standard InChI is InChI=1S/C7H12FNO2/c1-9-3-2-5(7(10)11)6(8)4-9/h5-6H,2-4H2,1H3,(H,10,11)/t5-,6-/m0/s1. The molecule has 1 rings (SSSR count). The molecule has 0 aromatic carbocycles. The van der Waals surface area contributed by atoms with Gasteiger partial charge in [-0.2, -0.15) is 0 Å². The first-order valence-corrected chi connectivity index (χ1v) is 3.66. The number of carboxylic acids is 1. The highest BCUT2D eigenvalue weighted by Gasteiger charge is 2.32. The second-order valence-corrected chi connectivity index (χ2v) is 3.01. The number of carbonyl (C=O) groups is 1. The van der Waals surface area contributed by atoms with Crippen LogP contribution in [0.2, 0.25) is 0 Å². The smallest absolute Gasteiger partial charge is 0.309 e. The van der Waals surface area contributed by atoms with Crippen LogP contribution in [0.1, 0.15) is 6.42 Å². The molecule has 1 N–H and O–H groups in total. The fraction of sp³-hybridized carbons (Fsp3) is 0.857. The predicted octanol–water partition coefficient (Wildman–Crippen LogP) is 0.361. The molecule has 1 saturated heterocycles. The van der Waals surface area contributed by atoms with Crippen molar-refractivity contribution >= 4 is 5.97 Å². The van der Waals surface area contributed by atoms with E-state index < -0.39 is 18.1 Å². The third-order valence-corrected chi connectivity index (χ3v) is 2.06. The summed E-state index contributed by atoms with van der Waals surface area (Å²) in [5.41, 5.74) is 0. The summed E-state index contributed by atoms with van der Waals surface area (Å²) in [6.45, 7) is 0.925. The lowest BCUT2D eigenvalue weighted by atomic mass is 9.96. The van der Waals surface area contributed by atoms with Gasteiger partial charge in [-0.25, -0.2) is 4.39 Å². The molecule has 0 radical (unpaired) electrons. The van der Waals surface area contributed by atoms with Crippen LogP contribution in [0.25, 0.3) is 0 Å². The van der Waals surface area contributed by atoms with Gasteiger partial charge >= 0.3 is 5.97 Å². The highest BCUT2D eigenvalue weighted by atomic mass is 19.1. The number of halogens is 1. The molecule has 0 amide bonds. The van der Waals surface area contributed by atoms with E-state index in [1.54, 1.807) is 7.05 Å². The quantitative estimate of drug-likeness (QED) is 0.603. The van der Waals surface area contributed by atoms with Crippen LogP contribution in [0.4, 0.5) is 4.39 Å². The fourth-order valence-corrected chi connectivity index (χ4v) is 1.33. The van der Waals surface area contributed by atoms with E-state index in [9.17, 15) is 9.18 Å². The van der Waals surface area contributed by atoms with Crippen molar-refractivity contribution in [3.63, 3.8) is 0 Å². The predicted molar refractivity (Wildman–Crippen MR) is 38.1 cm³/mol. The molecule has 0 aliphatic carbocycles. The van der Waals surface area contributed by atoms with Crippen LogP contribution in [-0.4, -0.2) is 42.3 Å². The van der Waals surface area contributed by atoms with E-state index in [1.807, 2.05) is 4.90 Å². The molecule has 0 bridgehead atoms. The Morgan fingerprint density at radius 3 is 2.82 bits per heavy atom. The molecule has 64 valence electrons. The molecule has 1 heterocycles. The Balaban J connectivity index is 2.50. The van der Waals surface area contributed by atoms with Gasteiger partial charge in [-0.3, -0.25) is 4.79 Å². The van der Waals surface area contributed by atoms with Crippen LogP contribution in [-0.2, 0) is 4.79 Å². The summed E-state index contributed by atoms with van der Waals surface area (Å²) < 4.78 is 12.9. The second kappa shape index (κ2) is 3.17. The molecule has 0 saturated carbocycles. The summed E-state index contributed by atoms with van der Waals surface area (Å²) in [4.78, 5) is 12.2. The van der Waals surface area contributed by atoms with E-state index in [0.29, 0.717) is 13.0 Å². The van der Waals surface area contributed by atoms with Gasteiger partial charge in [0.2, 0.25) is 0 Å². The molecule has 2 atom stereocenters. The Bertz CT molecular complexity index is 163. The number of aliphatic carboxylic acids is 1. The van der Waals surface area contributed by atoms with Crippen molar-refractivity contribution in [2.75, 3.05) is 20.1 Å². The Labute approximate surface area is 64.8 Å². The van der Waals surface area contributed by atoms with Crippen molar-refractivity contribution < 1.29 is 14.3 Å². The molecule has 11 heavy (non-hydrogen) atoms. The van der Waals surface area contributed by atoms with Crippen LogP contribution in [0.5, 0.6) is 0 Å². The lowest BCUT2D eigenvalue weighted by Gasteiger charge is -2.29. The normalized spacial score (nSPS) is 33.6. The van der Waals surface area contributed by atoms with Crippen molar-refractivity contribution in [2.45, 2.75) is 12.6 Å². The maximum Gasteiger partial charge on any atom is 0.309 e. The summed E-state index contributed by atoms with van der Waals surface area (Å²) in [7, 11) is 1.80. The minimum Gasteiger partial charge on any atom is -0.481 e. The number of rotatable bonds is 1. The summed E-state index contributed by atoms with van der Waals surface area (Å²) in [6.07, 6.45) is -0.779. The molecule has 0 unspecified atom stereocenters. The molecule has 0 aromatic rings. The van der Waals surface area contributed by atoms with Crippen molar-refractivity contribution in [3.05, 3.63) is 0 Å². The maximum atomic E-state index is 12.9. The molecule has 3 nitrogen and oxygen atoms in total. The lowest BCUT2D eigenvalue weighted by Crippen LogP contribution is -2.42. The van der Waals surface area contributed by atoms with Gasteiger partial charge in [0.25, 0.3) is 0 Å². The van der Waals surface area contributed by atoms with Gasteiger partial charge in [-0.1, -0.05) is 0 Å². The van der Waals surface area contributed by atoms with Crippen molar-refractivity contribution in [2.24, 2.45) is 5.92 Å². The summed E-state index contributed by atoms with van der Waals surface area (Å²) >= 11 is 0. The Kier molecular flexibility index (Phi) is 2.44. The lowest BCUT2D eigenvalue weighted by molar-refractivity contribution is -0.146. The summed E-state index contributed by atoms with van der Waals surface area (Å²) in [5.74, 6) is -1.79. The average Bonchev–Trinajstić information content (AvgIpc) is 1.85. The van der Waals surface area contributed by atoms with Crippen molar-refractivity contribution in [1.29, 1.82) is 0 Å². The van der Waals surface area contributed by atoms with E-state index >= 15 is 0 Å². The topological polar surface area (TPSA) is 40.5 Å². The van der Waals surface area contributed by atoms with E-state index in [0.717, 1.165) is 0 Å². The monoisotopic (exact) mass is 161 g/mol. The molecule has 1 aliphatic heterocycles. The van der Waals surface area contributed by atoms with Crippen molar-refractivity contribution in [1.82, 2.24) is 4.90 Å². The van der Waals surface area contributed by atoms with Gasteiger partial charge in [-0.15, -0.1) is 0 Å². The van der Waals surface area contributed by atoms with E-state index in [1.165, 1.54) is 0 Å². The van der Waals surface area contributed by atoms with Crippen LogP contribution in [0.15, 0.2) is 0 Å². The Morgan fingerprint density at radius 1 is 1.73 bits per heavy atom. The molecule has 0 aromatic heterocycles. The van der Waals surface area contributed by atoms with Gasteiger partial charge in [0.15, 0.2) is 0 Å². The molecular weight excluding hydrogens is 149 g/mol. The zero-order valence-corrected chi connectivity index (χ0v) is 6.46. The molecule has 4 heteroatoms. The number of piperidine rings is 1. The van der Waals surface area contributed by atoms with Gasteiger partial charge in [0, 0.05) is 6.54 Å². The number of alkyl halides is 1. The van der Waals surface area contributed by atoms with Crippen LogP contribution < -0.4 is 0 Å². The highest BCUT2D eigenvalue weighted by Crippen LogP contribution is 2.19. The first kappa shape index (κ1) is 8.46. The first-order valence-electron chi connectivity index (χ1n) is 3.66. The van der Waals surface area contributed by atoms with Gasteiger partial charge in [0.05, 0.1) is 5.92 Å². The Morgan fingerprint density at radius 2 is 2.36 bits per heavy atom. The van der Waals surface area contributed by atoms with Gasteiger partial charge in [-0.05, 0) is 20.0 Å². The zero-order valence-electron chi connectivity index (χ0n) is 6.46. The minimum atomic E-state index is -1.20. The molecule has 0 spiro atoms. The van der Waals surface area contributed by atoms with Crippen molar-refractivity contribution in [3.8, 4) is 0 Å². The van der Waals surface area contributed by atoms with Gasteiger partial charge in [0.1, 0.15) is 6.17 Å². The second-order valence-electron chi connectivity index (χ2n) is 3.01. The van der Waals surface area contributed by atoms with E-state index in [2.05, 4.69) is 0 Å². The maximum absolute atomic E-state index is 12.9. The number of hydrogen-bond acceptors (Lipinski definition) is 2. The summed E-state index contributed by atoms with van der Waals surface area (Å²) in [6, 6.07) is 0.